The third kappa shape index (κ3) is 3.03. The molecule has 0 bridgehead atoms. The second-order valence-electron chi connectivity index (χ2n) is 2.64. The van der Waals surface area contributed by atoms with Gasteiger partial charge in [0.15, 0.2) is 0 Å². The number of hydrogen-bond donors (Lipinski definition) is 1. The number of alkyl halides is 1. The summed E-state index contributed by atoms with van der Waals surface area (Å²) in [5.41, 5.74) is 0.586. The molecule has 0 amide bonds. The molecule has 1 aromatic rings. The van der Waals surface area contributed by atoms with Crippen molar-refractivity contribution in [1.82, 2.24) is 0 Å². The van der Waals surface area contributed by atoms with Crippen LogP contribution in [-0.4, -0.2) is 16.5 Å². The Kier molecular flexibility index (Phi) is 3.25. The third-order valence-electron chi connectivity index (χ3n) is 1.57. The first kappa shape index (κ1) is 9.99. The van der Waals surface area contributed by atoms with Gasteiger partial charge in [-0.05, 0) is 24.1 Å². The van der Waals surface area contributed by atoms with Crippen LogP contribution in [0.2, 0.25) is 0 Å². The maximum atomic E-state index is 12.6. The van der Waals surface area contributed by atoms with Gasteiger partial charge in [0, 0.05) is 0 Å². The summed E-state index contributed by atoms with van der Waals surface area (Å²) < 4.78 is 12.6. The number of aliphatic carboxylic acids is 1. The second kappa shape index (κ2) is 4.23. The molecule has 2 nitrogen and oxygen atoms in total. The zero-order valence-corrected chi connectivity index (χ0v) is 7.46. The predicted octanol–water partition coefficient (Wildman–Crippen LogP) is 2.06. The van der Waals surface area contributed by atoms with Crippen molar-refractivity contribution < 1.29 is 14.3 Å². The Morgan fingerprint density at radius 1 is 1.62 bits per heavy atom. The van der Waals surface area contributed by atoms with E-state index in [-0.39, 0.29) is 12.2 Å². The molecule has 0 saturated heterocycles. The summed E-state index contributed by atoms with van der Waals surface area (Å²) in [4.78, 5) is 10.4. The molecule has 0 aliphatic rings. The van der Waals surface area contributed by atoms with Gasteiger partial charge in [-0.2, -0.15) is 0 Å². The zero-order chi connectivity index (χ0) is 9.84. The first-order chi connectivity index (χ1) is 6.09. The molecular weight excluding hydrogens is 195 g/mol. The van der Waals surface area contributed by atoms with E-state index < -0.39 is 11.3 Å². The molecule has 1 atom stereocenters. The fraction of sp³-hybridized carbons (Fsp3) is 0.222. The Balaban J connectivity index is 2.69. The van der Waals surface area contributed by atoms with Crippen LogP contribution in [0, 0.1) is 5.82 Å². The minimum atomic E-state index is -1.09. The Morgan fingerprint density at radius 2 is 2.31 bits per heavy atom. The Hall–Kier alpha value is -1.09. The van der Waals surface area contributed by atoms with Gasteiger partial charge in [-0.1, -0.05) is 12.1 Å². The van der Waals surface area contributed by atoms with Crippen LogP contribution in [0.5, 0.6) is 0 Å². The van der Waals surface area contributed by atoms with Crippen LogP contribution in [0.1, 0.15) is 5.56 Å². The Morgan fingerprint density at radius 3 is 2.85 bits per heavy atom. The van der Waals surface area contributed by atoms with Crippen molar-refractivity contribution in [2.24, 2.45) is 0 Å². The number of halogens is 2. The number of benzene rings is 1. The monoisotopic (exact) mass is 202 g/mol. The van der Waals surface area contributed by atoms with Crippen molar-refractivity contribution >= 4 is 17.6 Å². The Bertz CT molecular complexity index is 314. The molecule has 1 unspecified atom stereocenters. The molecule has 1 N–H and O–H groups in total. The van der Waals surface area contributed by atoms with Gasteiger partial charge in [-0.15, -0.1) is 11.6 Å². The van der Waals surface area contributed by atoms with E-state index in [9.17, 15) is 9.18 Å². The van der Waals surface area contributed by atoms with E-state index in [0.717, 1.165) is 0 Å². The van der Waals surface area contributed by atoms with Crippen LogP contribution in [0.3, 0.4) is 0 Å². The van der Waals surface area contributed by atoms with Gasteiger partial charge in [0.25, 0.3) is 0 Å². The lowest BCUT2D eigenvalue weighted by atomic mass is 10.1. The lowest BCUT2D eigenvalue weighted by molar-refractivity contribution is -0.136. The van der Waals surface area contributed by atoms with Gasteiger partial charge < -0.3 is 5.11 Å². The van der Waals surface area contributed by atoms with E-state index in [0.29, 0.717) is 5.56 Å². The smallest absolute Gasteiger partial charge is 0.321 e. The third-order valence-corrected chi connectivity index (χ3v) is 1.91. The van der Waals surface area contributed by atoms with Crippen molar-refractivity contribution in [3.63, 3.8) is 0 Å². The molecule has 1 rings (SSSR count). The minimum Gasteiger partial charge on any atom is -0.480 e. The maximum Gasteiger partial charge on any atom is 0.321 e. The van der Waals surface area contributed by atoms with E-state index >= 15 is 0 Å². The molecule has 0 saturated carbocycles. The lowest BCUT2D eigenvalue weighted by Crippen LogP contribution is -2.15. The summed E-state index contributed by atoms with van der Waals surface area (Å²) in [5.74, 6) is -1.47. The molecule has 70 valence electrons. The van der Waals surface area contributed by atoms with Gasteiger partial charge in [0.05, 0.1) is 0 Å². The number of carboxylic acids is 1. The molecule has 1 aromatic carbocycles. The highest BCUT2D eigenvalue weighted by Crippen LogP contribution is 2.09. The van der Waals surface area contributed by atoms with Crippen molar-refractivity contribution in [1.29, 1.82) is 0 Å². The topological polar surface area (TPSA) is 37.3 Å². The largest absolute Gasteiger partial charge is 0.480 e. The molecule has 13 heavy (non-hydrogen) atoms. The molecule has 0 spiro atoms. The first-order valence-corrected chi connectivity index (χ1v) is 4.14. The van der Waals surface area contributed by atoms with Gasteiger partial charge in [0.1, 0.15) is 11.2 Å². The van der Waals surface area contributed by atoms with Crippen LogP contribution >= 0.6 is 11.6 Å². The van der Waals surface area contributed by atoms with Crippen LogP contribution in [-0.2, 0) is 11.2 Å². The number of rotatable bonds is 3. The summed E-state index contributed by atoms with van der Waals surface area (Å²) >= 11 is 5.48. The van der Waals surface area contributed by atoms with E-state index in [2.05, 4.69) is 0 Å². The molecule has 0 heterocycles. The lowest BCUT2D eigenvalue weighted by Gasteiger charge is -2.03. The van der Waals surface area contributed by atoms with Crippen molar-refractivity contribution in [2.75, 3.05) is 0 Å². The average Bonchev–Trinajstić information content (AvgIpc) is 2.04. The van der Waals surface area contributed by atoms with Gasteiger partial charge in [-0.25, -0.2) is 4.39 Å². The summed E-state index contributed by atoms with van der Waals surface area (Å²) in [7, 11) is 0. The molecule has 0 aliphatic carbocycles. The zero-order valence-electron chi connectivity index (χ0n) is 6.71. The fourth-order valence-electron chi connectivity index (χ4n) is 0.958. The highest BCUT2D eigenvalue weighted by molar-refractivity contribution is 6.29. The number of carbonyl (C=O) groups is 1. The van der Waals surface area contributed by atoms with E-state index in [1.807, 2.05) is 0 Å². The van der Waals surface area contributed by atoms with Crippen LogP contribution < -0.4 is 0 Å². The minimum absolute atomic E-state index is 0.134. The molecule has 4 heteroatoms. The van der Waals surface area contributed by atoms with Crippen LogP contribution in [0.4, 0.5) is 4.39 Å². The Labute approximate surface area is 80.0 Å². The number of carboxylic acid groups (broad SMARTS) is 1. The van der Waals surface area contributed by atoms with Gasteiger partial charge in [0.2, 0.25) is 0 Å². The van der Waals surface area contributed by atoms with Crippen molar-refractivity contribution in [3.8, 4) is 0 Å². The normalized spacial score (nSPS) is 12.5. The van der Waals surface area contributed by atoms with E-state index in [4.69, 9.17) is 16.7 Å². The van der Waals surface area contributed by atoms with Gasteiger partial charge >= 0.3 is 5.97 Å². The average molecular weight is 203 g/mol. The van der Waals surface area contributed by atoms with Crippen molar-refractivity contribution in [3.05, 3.63) is 35.6 Å². The van der Waals surface area contributed by atoms with E-state index in [1.165, 1.54) is 18.2 Å². The second-order valence-corrected chi connectivity index (χ2v) is 3.17. The predicted molar refractivity (Wildman–Crippen MR) is 47.4 cm³/mol. The maximum absolute atomic E-state index is 12.6. The molecule has 0 aliphatic heterocycles. The fourth-order valence-corrected chi connectivity index (χ4v) is 1.14. The molecular formula is C9H8ClFO2. The SMILES string of the molecule is O=C(O)C(Cl)Cc1cccc(F)c1. The highest BCUT2D eigenvalue weighted by Gasteiger charge is 2.13. The summed E-state index contributed by atoms with van der Waals surface area (Å²) in [6.45, 7) is 0. The molecule has 0 fully saturated rings. The van der Waals surface area contributed by atoms with E-state index in [1.54, 1.807) is 6.07 Å². The number of hydrogen-bond acceptors (Lipinski definition) is 1. The van der Waals surface area contributed by atoms with Gasteiger partial charge in [-0.3, -0.25) is 4.79 Å². The standard InChI is InChI=1S/C9H8ClFO2/c10-8(9(12)13)5-6-2-1-3-7(11)4-6/h1-4,8H,5H2,(H,12,13). The highest BCUT2D eigenvalue weighted by atomic mass is 35.5. The summed E-state index contributed by atoms with van der Waals surface area (Å²) in [6, 6.07) is 5.74. The summed E-state index contributed by atoms with van der Waals surface area (Å²) in [5, 5.41) is 7.49. The van der Waals surface area contributed by atoms with Crippen molar-refractivity contribution in [2.45, 2.75) is 11.8 Å². The first-order valence-electron chi connectivity index (χ1n) is 3.71. The van der Waals surface area contributed by atoms with Crippen LogP contribution in [0.25, 0.3) is 0 Å². The van der Waals surface area contributed by atoms with Crippen LogP contribution in [0.15, 0.2) is 24.3 Å². The quantitative estimate of drug-likeness (QED) is 0.762. The molecule has 0 radical (unpaired) electrons. The molecule has 0 aromatic heterocycles. The summed E-state index contributed by atoms with van der Waals surface area (Å²) in [6.07, 6.45) is 0.134.